The van der Waals surface area contributed by atoms with Crippen molar-refractivity contribution < 1.29 is 23.9 Å². The van der Waals surface area contributed by atoms with Gasteiger partial charge in [0, 0.05) is 24.2 Å². The van der Waals surface area contributed by atoms with Gasteiger partial charge in [0.1, 0.15) is 12.2 Å². The monoisotopic (exact) mass is 396 g/mol. The van der Waals surface area contributed by atoms with Crippen molar-refractivity contribution in [2.45, 2.75) is 52.2 Å². The van der Waals surface area contributed by atoms with Crippen molar-refractivity contribution in [3.63, 3.8) is 0 Å². The maximum absolute atomic E-state index is 12.5. The predicted octanol–water partition coefficient (Wildman–Crippen LogP) is 4.28. The Bertz CT molecular complexity index is 819. The summed E-state index contributed by atoms with van der Waals surface area (Å²) in [7, 11) is 0. The van der Waals surface area contributed by atoms with Gasteiger partial charge in [0.25, 0.3) is 0 Å². The van der Waals surface area contributed by atoms with Crippen molar-refractivity contribution >= 4 is 17.7 Å². The zero-order valence-electron chi connectivity index (χ0n) is 17.2. The average Bonchev–Trinajstić information content (AvgIpc) is 3.20. The van der Waals surface area contributed by atoms with E-state index in [1.54, 1.807) is 30.3 Å². The molecule has 1 aliphatic heterocycles. The van der Waals surface area contributed by atoms with E-state index in [0.29, 0.717) is 24.8 Å². The molecular formula is C24H28O5. The number of esters is 2. The highest BCUT2D eigenvalue weighted by molar-refractivity contribution is 5.91. The van der Waals surface area contributed by atoms with Crippen LogP contribution in [0.2, 0.25) is 0 Å². The summed E-state index contributed by atoms with van der Waals surface area (Å²) in [5.41, 5.74) is 1.66. The molecule has 1 aliphatic carbocycles. The molecule has 29 heavy (non-hydrogen) atoms. The lowest BCUT2D eigenvalue weighted by Crippen LogP contribution is -2.25. The van der Waals surface area contributed by atoms with E-state index in [4.69, 9.17) is 9.47 Å². The molecule has 0 radical (unpaired) electrons. The molecule has 2 fully saturated rings. The Kier molecular flexibility index (Phi) is 6.68. The van der Waals surface area contributed by atoms with Crippen LogP contribution in [0.15, 0.2) is 54.1 Å². The van der Waals surface area contributed by atoms with Crippen molar-refractivity contribution in [3.8, 4) is 0 Å². The van der Waals surface area contributed by atoms with Gasteiger partial charge >= 0.3 is 11.9 Å². The first kappa shape index (κ1) is 21.0. The van der Waals surface area contributed by atoms with Gasteiger partial charge in [-0.1, -0.05) is 42.8 Å². The number of carbonyl (C=O) groups excluding carboxylic acids is 3. The Labute approximate surface area is 171 Å². The highest BCUT2D eigenvalue weighted by Gasteiger charge is 2.50. The third kappa shape index (κ3) is 5.22. The average molecular weight is 396 g/mol. The number of benzene rings is 1. The highest BCUT2D eigenvalue weighted by Crippen LogP contribution is 2.43. The molecule has 5 atom stereocenters. The summed E-state index contributed by atoms with van der Waals surface area (Å²) in [6.07, 6.45) is 6.23. The van der Waals surface area contributed by atoms with E-state index in [1.807, 2.05) is 32.9 Å². The molecular weight excluding hydrogens is 368 g/mol. The van der Waals surface area contributed by atoms with E-state index in [9.17, 15) is 14.4 Å². The topological polar surface area (TPSA) is 69.7 Å². The van der Waals surface area contributed by atoms with Crippen LogP contribution in [0.4, 0.5) is 0 Å². The Morgan fingerprint density at radius 3 is 2.66 bits per heavy atom. The van der Waals surface area contributed by atoms with E-state index >= 15 is 0 Å². The first-order valence-corrected chi connectivity index (χ1v) is 10.2. The molecule has 2 aliphatic rings. The summed E-state index contributed by atoms with van der Waals surface area (Å²) in [5, 5.41) is 0. The number of hydrogen-bond acceptors (Lipinski definition) is 5. The van der Waals surface area contributed by atoms with Gasteiger partial charge in [-0.3, -0.25) is 9.59 Å². The molecule has 3 rings (SSSR count). The van der Waals surface area contributed by atoms with Crippen LogP contribution in [-0.4, -0.2) is 29.9 Å². The van der Waals surface area contributed by atoms with Crippen molar-refractivity contribution in [3.05, 3.63) is 59.7 Å². The summed E-state index contributed by atoms with van der Waals surface area (Å²) in [6.45, 7) is 5.92. The summed E-state index contributed by atoms with van der Waals surface area (Å²) < 4.78 is 11.1. The van der Waals surface area contributed by atoms with Crippen LogP contribution in [0.3, 0.4) is 0 Å². The number of allylic oxidation sites excluding steroid dienone is 3. The number of ether oxygens (including phenoxy) is 2. The molecule has 0 bridgehead atoms. The Hall–Kier alpha value is -2.69. The van der Waals surface area contributed by atoms with E-state index in [0.717, 1.165) is 0 Å². The third-order valence-electron chi connectivity index (χ3n) is 5.67. The molecule has 154 valence electrons. The maximum atomic E-state index is 12.5. The van der Waals surface area contributed by atoms with E-state index < -0.39 is 12.1 Å². The first-order valence-electron chi connectivity index (χ1n) is 10.2. The summed E-state index contributed by atoms with van der Waals surface area (Å²) in [4.78, 5) is 36.7. The van der Waals surface area contributed by atoms with Gasteiger partial charge in [-0.25, -0.2) is 4.79 Å². The largest absolute Gasteiger partial charge is 0.462 e. The zero-order chi connectivity index (χ0) is 21.0. The van der Waals surface area contributed by atoms with Crippen molar-refractivity contribution in [1.82, 2.24) is 0 Å². The summed E-state index contributed by atoms with van der Waals surface area (Å²) in [5.74, 6) is -0.987. The van der Waals surface area contributed by atoms with Crippen molar-refractivity contribution in [1.29, 1.82) is 0 Å². The molecule has 5 heteroatoms. The predicted molar refractivity (Wildman–Crippen MR) is 109 cm³/mol. The van der Waals surface area contributed by atoms with Crippen LogP contribution < -0.4 is 0 Å². The molecule has 1 aromatic rings. The summed E-state index contributed by atoms with van der Waals surface area (Å²) >= 11 is 0. The second kappa shape index (κ2) is 9.21. The summed E-state index contributed by atoms with van der Waals surface area (Å²) in [6, 6.07) is 8.82. The van der Waals surface area contributed by atoms with E-state index in [2.05, 4.69) is 6.08 Å². The van der Waals surface area contributed by atoms with Crippen molar-refractivity contribution in [2.24, 2.45) is 17.8 Å². The maximum Gasteiger partial charge on any atom is 0.338 e. The molecule has 1 saturated heterocycles. The molecule has 0 aromatic heterocycles. The first-order chi connectivity index (χ1) is 13.8. The number of fused-ring (bicyclic) bond motifs is 1. The smallest absolute Gasteiger partial charge is 0.338 e. The second-order valence-electron chi connectivity index (χ2n) is 8.20. The Morgan fingerprint density at radius 2 is 1.97 bits per heavy atom. The lowest BCUT2D eigenvalue weighted by molar-refractivity contribution is -0.141. The molecule has 5 nitrogen and oxygen atoms in total. The van der Waals surface area contributed by atoms with Gasteiger partial charge in [-0.05, 0) is 38.5 Å². The lowest BCUT2D eigenvalue weighted by atomic mass is 9.90. The number of rotatable bonds is 7. The lowest BCUT2D eigenvalue weighted by Gasteiger charge is -2.20. The SMILES string of the molecule is CC(C)=CCC(C)C(=O)/C=C/[C@@H]1[C@H]2CC(=O)O[C@H]2C[C@H]1OC(=O)c1ccccc1. The number of hydrogen-bond donors (Lipinski definition) is 0. The minimum absolute atomic E-state index is 0.0318. The minimum Gasteiger partial charge on any atom is -0.462 e. The molecule has 0 spiro atoms. The van der Waals surface area contributed by atoms with E-state index in [1.165, 1.54) is 5.57 Å². The molecule has 1 saturated carbocycles. The van der Waals surface area contributed by atoms with Gasteiger partial charge < -0.3 is 9.47 Å². The van der Waals surface area contributed by atoms with Crippen LogP contribution in [0, 0.1) is 17.8 Å². The van der Waals surface area contributed by atoms with Crippen LogP contribution in [-0.2, 0) is 19.1 Å². The van der Waals surface area contributed by atoms with Gasteiger partial charge in [-0.15, -0.1) is 0 Å². The molecule has 0 amide bonds. The van der Waals surface area contributed by atoms with Crippen LogP contribution in [0.25, 0.3) is 0 Å². The highest BCUT2D eigenvalue weighted by atomic mass is 16.6. The van der Waals surface area contributed by atoms with Gasteiger partial charge in [0.15, 0.2) is 5.78 Å². The second-order valence-corrected chi connectivity index (χ2v) is 8.20. The fourth-order valence-corrected chi connectivity index (χ4v) is 3.97. The molecule has 1 heterocycles. The minimum atomic E-state index is -0.414. The molecule has 0 N–H and O–H groups in total. The van der Waals surface area contributed by atoms with Crippen LogP contribution >= 0.6 is 0 Å². The number of ketones is 1. The van der Waals surface area contributed by atoms with Gasteiger partial charge in [-0.2, -0.15) is 0 Å². The molecule has 1 aromatic carbocycles. The quantitative estimate of drug-likeness (QED) is 0.391. The fraction of sp³-hybridized carbons (Fsp3) is 0.458. The third-order valence-corrected chi connectivity index (χ3v) is 5.67. The standard InChI is InChI=1S/C24H28O5/c1-15(2)9-10-16(3)20(25)12-11-18-19-13-23(26)28-22(19)14-21(18)29-24(27)17-7-5-4-6-8-17/h4-9,11-12,16,18-19,21-22H,10,13-14H2,1-3H3/b12-11+/t16?,18-,19-,21-,22+/m1/s1. The Morgan fingerprint density at radius 1 is 1.24 bits per heavy atom. The fourth-order valence-electron chi connectivity index (χ4n) is 3.97. The van der Waals surface area contributed by atoms with Gasteiger partial charge in [0.05, 0.1) is 12.0 Å². The Balaban J connectivity index is 1.71. The van der Waals surface area contributed by atoms with E-state index in [-0.39, 0.29) is 35.6 Å². The number of carbonyl (C=O) groups is 3. The van der Waals surface area contributed by atoms with Crippen LogP contribution in [0.1, 0.15) is 50.4 Å². The van der Waals surface area contributed by atoms with Crippen LogP contribution in [0.5, 0.6) is 0 Å². The molecule has 1 unspecified atom stereocenters. The zero-order valence-corrected chi connectivity index (χ0v) is 17.2. The normalized spacial score (nSPS) is 26.7. The van der Waals surface area contributed by atoms with Crippen molar-refractivity contribution in [2.75, 3.05) is 0 Å². The van der Waals surface area contributed by atoms with Gasteiger partial charge in [0.2, 0.25) is 0 Å².